The minimum Gasteiger partial charge on any atom is -0.298 e. The summed E-state index contributed by atoms with van der Waals surface area (Å²) < 4.78 is 24.9. The molecule has 122 valence electrons. The molecule has 0 radical (unpaired) electrons. The van der Waals surface area contributed by atoms with Crippen LogP contribution in [0.15, 0.2) is 24.3 Å². The highest BCUT2D eigenvalue weighted by Gasteiger charge is 2.17. The van der Waals surface area contributed by atoms with E-state index < -0.39 is 10.0 Å². The molecule has 3 rings (SSSR count). The Balaban J connectivity index is 1.75. The molecule has 1 amide bonds. The van der Waals surface area contributed by atoms with Gasteiger partial charge in [0, 0.05) is 16.1 Å². The number of rotatable bonds is 4. The number of carbonyl (C=O) groups is 1. The Labute approximate surface area is 139 Å². The number of benzene rings is 1. The van der Waals surface area contributed by atoms with Gasteiger partial charge >= 0.3 is 0 Å². The number of hydrogen-bond donors (Lipinski definition) is 2. The zero-order chi connectivity index (χ0) is 16.4. The Bertz CT molecular complexity index is 820. The van der Waals surface area contributed by atoms with Crippen molar-refractivity contribution in [1.82, 2.24) is 4.98 Å². The lowest BCUT2D eigenvalue weighted by Crippen LogP contribution is -2.13. The van der Waals surface area contributed by atoms with Gasteiger partial charge in [0.15, 0.2) is 5.13 Å². The van der Waals surface area contributed by atoms with Crippen LogP contribution in [0.25, 0.3) is 0 Å². The molecule has 2 aromatic rings. The lowest BCUT2D eigenvalue weighted by Gasteiger charge is -2.06. The fourth-order valence-electron chi connectivity index (χ4n) is 2.51. The molecule has 0 fully saturated rings. The lowest BCUT2D eigenvalue weighted by molar-refractivity contribution is 0.102. The Kier molecular flexibility index (Phi) is 4.36. The van der Waals surface area contributed by atoms with E-state index >= 15 is 0 Å². The second-order valence-corrected chi connectivity index (χ2v) is 8.34. The average Bonchev–Trinajstić information content (AvgIpc) is 2.87. The van der Waals surface area contributed by atoms with Gasteiger partial charge in [0.2, 0.25) is 10.0 Å². The largest absolute Gasteiger partial charge is 0.298 e. The van der Waals surface area contributed by atoms with Crippen molar-refractivity contribution in [2.24, 2.45) is 0 Å². The molecule has 23 heavy (non-hydrogen) atoms. The summed E-state index contributed by atoms with van der Waals surface area (Å²) in [5.41, 5.74) is 1.83. The van der Waals surface area contributed by atoms with Gasteiger partial charge in [-0.05, 0) is 43.9 Å². The number of nitrogens with zero attached hydrogens (tertiary/aromatic N) is 1. The van der Waals surface area contributed by atoms with E-state index in [4.69, 9.17) is 0 Å². The molecule has 6 nitrogen and oxygen atoms in total. The predicted molar refractivity (Wildman–Crippen MR) is 91.6 cm³/mol. The Morgan fingerprint density at radius 3 is 2.78 bits per heavy atom. The Morgan fingerprint density at radius 1 is 1.26 bits per heavy atom. The molecular weight excluding hydrogens is 334 g/mol. The van der Waals surface area contributed by atoms with Gasteiger partial charge in [0.05, 0.1) is 11.9 Å². The van der Waals surface area contributed by atoms with Crippen molar-refractivity contribution in [3.8, 4) is 0 Å². The fraction of sp³-hybridized carbons (Fsp3) is 0.333. The maximum atomic E-state index is 12.3. The minimum absolute atomic E-state index is 0.298. The molecule has 0 atom stereocenters. The van der Waals surface area contributed by atoms with Gasteiger partial charge in [-0.1, -0.05) is 6.07 Å². The zero-order valence-electron chi connectivity index (χ0n) is 12.6. The van der Waals surface area contributed by atoms with Crippen LogP contribution in [0.2, 0.25) is 0 Å². The number of carbonyl (C=O) groups excluding carboxylic acids is 1. The summed E-state index contributed by atoms with van der Waals surface area (Å²) in [6.45, 7) is 0. The molecule has 1 heterocycles. The van der Waals surface area contributed by atoms with Crippen molar-refractivity contribution in [3.05, 3.63) is 40.4 Å². The molecule has 0 saturated carbocycles. The van der Waals surface area contributed by atoms with Crippen LogP contribution < -0.4 is 10.0 Å². The van der Waals surface area contributed by atoms with E-state index in [0.717, 1.165) is 31.2 Å². The van der Waals surface area contributed by atoms with E-state index in [-0.39, 0.29) is 5.91 Å². The van der Waals surface area contributed by atoms with Crippen molar-refractivity contribution >= 4 is 38.1 Å². The van der Waals surface area contributed by atoms with Gasteiger partial charge in [0.1, 0.15) is 0 Å². The van der Waals surface area contributed by atoms with Crippen molar-refractivity contribution in [2.75, 3.05) is 16.3 Å². The third kappa shape index (κ3) is 4.08. The van der Waals surface area contributed by atoms with Crippen LogP contribution >= 0.6 is 11.3 Å². The molecule has 1 aromatic carbocycles. The Hall–Kier alpha value is -1.93. The summed E-state index contributed by atoms with van der Waals surface area (Å²) in [6, 6.07) is 6.37. The molecule has 2 N–H and O–H groups in total. The van der Waals surface area contributed by atoms with Gasteiger partial charge in [0.25, 0.3) is 5.91 Å². The highest BCUT2D eigenvalue weighted by Crippen LogP contribution is 2.29. The molecule has 0 saturated heterocycles. The topological polar surface area (TPSA) is 88.2 Å². The SMILES string of the molecule is CS(=O)(=O)Nc1cccc(C(=O)Nc2nc3c(s2)CCCC3)c1. The first-order chi connectivity index (χ1) is 10.9. The highest BCUT2D eigenvalue weighted by molar-refractivity contribution is 7.92. The zero-order valence-corrected chi connectivity index (χ0v) is 14.3. The molecule has 8 heteroatoms. The quantitative estimate of drug-likeness (QED) is 0.886. The van der Waals surface area contributed by atoms with Crippen molar-refractivity contribution in [1.29, 1.82) is 0 Å². The number of amides is 1. The number of aryl methyl sites for hydroxylation is 2. The maximum absolute atomic E-state index is 12.3. The number of aromatic nitrogens is 1. The molecular formula is C15H17N3O3S2. The standard InChI is InChI=1S/C15H17N3O3S2/c1-23(20,21)18-11-6-4-5-10(9-11)14(19)17-15-16-12-7-2-3-8-13(12)22-15/h4-6,9,18H,2-3,7-8H2,1H3,(H,16,17,19). The van der Waals surface area contributed by atoms with E-state index in [2.05, 4.69) is 15.0 Å². The molecule has 0 aliphatic heterocycles. The summed E-state index contributed by atoms with van der Waals surface area (Å²) in [6.07, 6.45) is 5.37. The summed E-state index contributed by atoms with van der Waals surface area (Å²) in [5.74, 6) is -0.298. The second kappa shape index (κ2) is 6.29. The van der Waals surface area contributed by atoms with Crippen LogP contribution in [0.1, 0.15) is 33.8 Å². The van der Waals surface area contributed by atoms with Crippen LogP contribution in [0.4, 0.5) is 10.8 Å². The van der Waals surface area contributed by atoms with Crippen LogP contribution in [0.3, 0.4) is 0 Å². The normalized spacial score (nSPS) is 14.1. The smallest absolute Gasteiger partial charge is 0.257 e. The number of sulfonamides is 1. The highest BCUT2D eigenvalue weighted by atomic mass is 32.2. The third-order valence-corrected chi connectivity index (χ3v) is 5.17. The molecule has 1 aliphatic rings. The molecule has 0 spiro atoms. The maximum Gasteiger partial charge on any atom is 0.257 e. The molecule has 0 bridgehead atoms. The Morgan fingerprint density at radius 2 is 2.04 bits per heavy atom. The van der Waals surface area contributed by atoms with Crippen LogP contribution in [-0.2, 0) is 22.9 Å². The summed E-state index contributed by atoms with van der Waals surface area (Å²) in [5, 5.41) is 3.40. The minimum atomic E-state index is -3.37. The first-order valence-electron chi connectivity index (χ1n) is 7.28. The predicted octanol–water partition coefficient (Wildman–Crippen LogP) is 2.65. The van der Waals surface area contributed by atoms with Gasteiger partial charge in [-0.3, -0.25) is 14.8 Å². The van der Waals surface area contributed by atoms with E-state index in [9.17, 15) is 13.2 Å². The van der Waals surface area contributed by atoms with E-state index in [1.165, 1.54) is 28.7 Å². The average molecular weight is 351 g/mol. The number of nitrogens with one attached hydrogen (secondary N) is 2. The van der Waals surface area contributed by atoms with E-state index in [1.807, 2.05) is 0 Å². The monoisotopic (exact) mass is 351 g/mol. The second-order valence-electron chi connectivity index (χ2n) is 5.51. The van der Waals surface area contributed by atoms with E-state index in [1.54, 1.807) is 18.2 Å². The van der Waals surface area contributed by atoms with Crippen LogP contribution in [0, 0.1) is 0 Å². The first-order valence-corrected chi connectivity index (χ1v) is 9.99. The van der Waals surface area contributed by atoms with Crippen molar-refractivity contribution in [3.63, 3.8) is 0 Å². The van der Waals surface area contributed by atoms with Gasteiger partial charge in [-0.25, -0.2) is 13.4 Å². The number of fused-ring (bicyclic) bond motifs is 1. The van der Waals surface area contributed by atoms with Crippen molar-refractivity contribution in [2.45, 2.75) is 25.7 Å². The summed E-state index contributed by atoms with van der Waals surface area (Å²) in [7, 11) is -3.37. The molecule has 1 aliphatic carbocycles. The van der Waals surface area contributed by atoms with E-state index in [0.29, 0.717) is 16.4 Å². The summed E-state index contributed by atoms with van der Waals surface area (Å²) >= 11 is 1.52. The lowest BCUT2D eigenvalue weighted by atomic mass is 10.0. The fourth-order valence-corrected chi connectivity index (χ4v) is 4.11. The molecule has 0 unspecified atom stereocenters. The number of anilines is 2. The van der Waals surface area contributed by atoms with Gasteiger partial charge in [-0.2, -0.15) is 0 Å². The summed E-state index contributed by atoms with van der Waals surface area (Å²) in [4.78, 5) is 18.0. The first kappa shape index (κ1) is 15.9. The number of hydrogen-bond acceptors (Lipinski definition) is 5. The van der Waals surface area contributed by atoms with Gasteiger partial charge in [-0.15, -0.1) is 11.3 Å². The van der Waals surface area contributed by atoms with Crippen molar-refractivity contribution < 1.29 is 13.2 Å². The van der Waals surface area contributed by atoms with Crippen LogP contribution in [-0.4, -0.2) is 25.6 Å². The third-order valence-electron chi connectivity index (χ3n) is 3.49. The van der Waals surface area contributed by atoms with Crippen LogP contribution in [0.5, 0.6) is 0 Å². The molecule has 1 aromatic heterocycles. The number of thiazole rings is 1. The van der Waals surface area contributed by atoms with Gasteiger partial charge < -0.3 is 0 Å².